The van der Waals surface area contributed by atoms with Crippen LogP contribution in [0.2, 0.25) is 0 Å². The summed E-state index contributed by atoms with van der Waals surface area (Å²) in [6.45, 7) is 4.31. The molecule has 0 heterocycles. The zero-order valence-corrected chi connectivity index (χ0v) is 13.2. The number of aliphatic carboxylic acids is 1. The molecule has 0 aliphatic heterocycles. The number of methoxy groups -OCH3 is 1. The Bertz CT molecular complexity index is 469. The summed E-state index contributed by atoms with van der Waals surface area (Å²) in [5.74, 6) is 0.564. The SMILES string of the molecule is CCC(CCCOc1ccc(C)cc1OC)(NC)C(=O)O. The Labute approximate surface area is 126 Å². The maximum absolute atomic E-state index is 11.4. The van der Waals surface area contributed by atoms with Crippen LogP contribution in [0, 0.1) is 6.92 Å². The molecule has 0 spiro atoms. The highest BCUT2D eigenvalue weighted by Crippen LogP contribution is 2.28. The molecule has 0 saturated carbocycles. The first-order valence-corrected chi connectivity index (χ1v) is 7.19. The van der Waals surface area contributed by atoms with E-state index in [1.54, 1.807) is 14.2 Å². The lowest BCUT2D eigenvalue weighted by Gasteiger charge is -2.27. The van der Waals surface area contributed by atoms with Crippen LogP contribution in [0.4, 0.5) is 0 Å². The molecule has 5 heteroatoms. The highest BCUT2D eigenvalue weighted by molar-refractivity contribution is 5.78. The smallest absolute Gasteiger partial charge is 0.323 e. The van der Waals surface area contributed by atoms with Crippen LogP contribution in [0.1, 0.15) is 31.7 Å². The largest absolute Gasteiger partial charge is 0.493 e. The van der Waals surface area contributed by atoms with E-state index in [1.807, 2.05) is 32.0 Å². The number of rotatable bonds is 9. The van der Waals surface area contributed by atoms with Crippen molar-refractivity contribution in [2.24, 2.45) is 0 Å². The van der Waals surface area contributed by atoms with E-state index in [1.165, 1.54) is 0 Å². The first kappa shape index (κ1) is 17.3. The van der Waals surface area contributed by atoms with E-state index in [4.69, 9.17) is 9.47 Å². The minimum absolute atomic E-state index is 0.454. The molecule has 1 atom stereocenters. The molecule has 0 aromatic heterocycles. The minimum atomic E-state index is -0.874. The van der Waals surface area contributed by atoms with E-state index < -0.39 is 11.5 Å². The summed E-state index contributed by atoms with van der Waals surface area (Å²) in [5.41, 5.74) is 0.228. The summed E-state index contributed by atoms with van der Waals surface area (Å²) >= 11 is 0. The van der Waals surface area contributed by atoms with Crippen LogP contribution in [-0.4, -0.2) is 37.4 Å². The molecule has 21 heavy (non-hydrogen) atoms. The third kappa shape index (κ3) is 4.36. The second kappa shape index (κ2) is 7.88. The van der Waals surface area contributed by atoms with Gasteiger partial charge in [-0.2, -0.15) is 0 Å². The van der Waals surface area contributed by atoms with Crippen molar-refractivity contribution >= 4 is 5.97 Å². The number of carboxylic acid groups (broad SMARTS) is 1. The molecule has 0 fully saturated rings. The fourth-order valence-corrected chi connectivity index (χ4v) is 2.29. The van der Waals surface area contributed by atoms with Crippen molar-refractivity contribution in [1.82, 2.24) is 5.32 Å². The van der Waals surface area contributed by atoms with Crippen molar-refractivity contribution in [3.8, 4) is 11.5 Å². The van der Waals surface area contributed by atoms with Gasteiger partial charge in [-0.05, 0) is 50.9 Å². The Morgan fingerprint density at radius 1 is 1.38 bits per heavy atom. The summed E-state index contributed by atoms with van der Waals surface area (Å²) in [5, 5.41) is 12.2. The third-order valence-electron chi connectivity index (χ3n) is 3.82. The maximum Gasteiger partial charge on any atom is 0.323 e. The van der Waals surface area contributed by atoms with Gasteiger partial charge in [0.2, 0.25) is 0 Å². The predicted octanol–water partition coefficient (Wildman–Crippen LogP) is 2.62. The lowest BCUT2D eigenvalue weighted by Crippen LogP contribution is -2.50. The zero-order valence-electron chi connectivity index (χ0n) is 13.2. The van der Waals surface area contributed by atoms with Crippen molar-refractivity contribution < 1.29 is 19.4 Å². The summed E-state index contributed by atoms with van der Waals surface area (Å²) in [4.78, 5) is 11.4. The highest BCUT2D eigenvalue weighted by atomic mass is 16.5. The zero-order chi connectivity index (χ0) is 15.9. The molecule has 1 aromatic carbocycles. The van der Waals surface area contributed by atoms with Gasteiger partial charge in [-0.3, -0.25) is 4.79 Å². The van der Waals surface area contributed by atoms with Gasteiger partial charge in [-0.1, -0.05) is 13.0 Å². The van der Waals surface area contributed by atoms with Crippen LogP contribution >= 0.6 is 0 Å². The van der Waals surface area contributed by atoms with Crippen LogP contribution in [0.15, 0.2) is 18.2 Å². The fourth-order valence-electron chi connectivity index (χ4n) is 2.29. The number of nitrogens with one attached hydrogen (secondary N) is 1. The summed E-state index contributed by atoms with van der Waals surface area (Å²) in [6, 6.07) is 5.74. The number of carboxylic acids is 1. The Balaban J connectivity index is 2.56. The van der Waals surface area contributed by atoms with E-state index in [-0.39, 0.29) is 0 Å². The fraction of sp³-hybridized carbons (Fsp3) is 0.562. The molecular formula is C16H25NO4. The van der Waals surface area contributed by atoms with Crippen LogP contribution in [0.25, 0.3) is 0 Å². The standard InChI is InChI=1S/C16H25NO4/c1-5-16(17-3,15(18)19)9-6-10-21-13-8-7-12(2)11-14(13)20-4/h7-8,11,17H,5-6,9-10H2,1-4H3,(H,18,19). The van der Waals surface area contributed by atoms with Gasteiger partial charge in [0.1, 0.15) is 5.54 Å². The van der Waals surface area contributed by atoms with Crippen molar-refractivity contribution in [2.45, 2.75) is 38.6 Å². The first-order valence-electron chi connectivity index (χ1n) is 7.19. The van der Waals surface area contributed by atoms with Gasteiger partial charge >= 0.3 is 5.97 Å². The van der Waals surface area contributed by atoms with Gasteiger partial charge in [0.25, 0.3) is 0 Å². The number of benzene rings is 1. The van der Waals surface area contributed by atoms with E-state index in [9.17, 15) is 9.90 Å². The number of hydrogen-bond donors (Lipinski definition) is 2. The molecule has 5 nitrogen and oxygen atoms in total. The minimum Gasteiger partial charge on any atom is -0.493 e. The molecule has 1 rings (SSSR count). The van der Waals surface area contributed by atoms with Gasteiger partial charge < -0.3 is 19.9 Å². The van der Waals surface area contributed by atoms with E-state index in [0.29, 0.717) is 37.4 Å². The van der Waals surface area contributed by atoms with E-state index in [2.05, 4.69) is 5.32 Å². The molecule has 0 bridgehead atoms. The van der Waals surface area contributed by atoms with Gasteiger partial charge in [0.05, 0.1) is 13.7 Å². The van der Waals surface area contributed by atoms with Crippen molar-refractivity contribution in [2.75, 3.05) is 20.8 Å². The number of hydrogen-bond acceptors (Lipinski definition) is 4. The third-order valence-corrected chi connectivity index (χ3v) is 3.82. The monoisotopic (exact) mass is 295 g/mol. The molecule has 1 aromatic rings. The Morgan fingerprint density at radius 3 is 2.62 bits per heavy atom. The normalized spacial score (nSPS) is 13.5. The number of likely N-dealkylation sites (N-methyl/N-ethyl adjacent to an activating group) is 1. The second-order valence-corrected chi connectivity index (χ2v) is 5.10. The van der Waals surface area contributed by atoms with Gasteiger partial charge in [-0.15, -0.1) is 0 Å². The van der Waals surface area contributed by atoms with Crippen molar-refractivity contribution in [3.63, 3.8) is 0 Å². The molecule has 0 saturated heterocycles. The van der Waals surface area contributed by atoms with Gasteiger partial charge in [0.15, 0.2) is 11.5 Å². The van der Waals surface area contributed by atoms with Crippen LogP contribution in [0.5, 0.6) is 11.5 Å². The Hall–Kier alpha value is -1.75. The summed E-state index contributed by atoms with van der Waals surface area (Å²) in [7, 11) is 3.29. The van der Waals surface area contributed by atoms with Crippen molar-refractivity contribution in [1.29, 1.82) is 0 Å². The summed E-state index contributed by atoms with van der Waals surface area (Å²) < 4.78 is 11.0. The van der Waals surface area contributed by atoms with Crippen LogP contribution in [-0.2, 0) is 4.79 Å². The Morgan fingerprint density at radius 2 is 2.10 bits per heavy atom. The lowest BCUT2D eigenvalue weighted by atomic mass is 9.91. The lowest BCUT2D eigenvalue weighted by molar-refractivity contribution is -0.145. The topological polar surface area (TPSA) is 67.8 Å². The number of carbonyl (C=O) groups is 1. The van der Waals surface area contributed by atoms with Crippen LogP contribution < -0.4 is 14.8 Å². The summed E-state index contributed by atoms with van der Waals surface area (Å²) in [6.07, 6.45) is 1.70. The molecule has 0 radical (unpaired) electrons. The second-order valence-electron chi connectivity index (χ2n) is 5.10. The molecule has 2 N–H and O–H groups in total. The molecular weight excluding hydrogens is 270 g/mol. The molecule has 0 aliphatic rings. The van der Waals surface area contributed by atoms with E-state index >= 15 is 0 Å². The van der Waals surface area contributed by atoms with Gasteiger partial charge in [0, 0.05) is 0 Å². The first-order chi connectivity index (χ1) is 9.99. The average molecular weight is 295 g/mol. The van der Waals surface area contributed by atoms with Crippen LogP contribution in [0.3, 0.4) is 0 Å². The number of aryl methyl sites for hydroxylation is 1. The van der Waals surface area contributed by atoms with E-state index in [0.717, 1.165) is 5.56 Å². The predicted molar refractivity (Wildman–Crippen MR) is 82.2 cm³/mol. The molecule has 0 aliphatic carbocycles. The maximum atomic E-state index is 11.4. The molecule has 0 amide bonds. The highest BCUT2D eigenvalue weighted by Gasteiger charge is 2.34. The number of ether oxygens (including phenoxy) is 2. The Kier molecular flexibility index (Phi) is 6.49. The van der Waals surface area contributed by atoms with Crippen molar-refractivity contribution in [3.05, 3.63) is 23.8 Å². The molecule has 1 unspecified atom stereocenters. The average Bonchev–Trinajstić information content (AvgIpc) is 2.48. The quantitative estimate of drug-likeness (QED) is 0.685. The van der Waals surface area contributed by atoms with Gasteiger partial charge in [-0.25, -0.2) is 0 Å². The molecule has 118 valence electrons.